The topological polar surface area (TPSA) is 99.1 Å². The van der Waals surface area contributed by atoms with Gasteiger partial charge in [0.05, 0.1) is 6.10 Å². The van der Waals surface area contributed by atoms with Gasteiger partial charge >= 0.3 is 17.9 Å². The fraction of sp³-hybridized carbons (Fsp3) is 0.562. The summed E-state index contributed by atoms with van der Waals surface area (Å²) in [5, 5.41) is 10.0. The van der Waals surface area contributed by atoms with Gasteiger partial charge in [0.15, 0.2) is 6.10 Å². The van der Waals surface area contributed by atoms with Gasteiger partial charge in [-0.2, -0.15) is 0 Å². The number of allylic oxidation sites excluding steroid dienone is 1. The zero-order valence-corrected chi connectivity index (χ0v) is 13.4. The molecule has 0 bridgehead atoms. The van der Waals surface area contributed by atoms with E-state index in [1.54, 1.807) is 13.8 Å². The van der Waals surface area contributed by atoms with Crippen molar-refractivity contribution >= 4 is 17.9 Å². The molecular formula is C16H22O7. The molecule has 0 radical (unpaired) electrons. The molecule has 7 nitrogen and oxygen atoms in total. The molecule has 1 aliphatic heterocycles. The van der Waals surface area contributed by atoms with Crippen molar-refractivity contribution in [1.29, 1.82) is 0 Å². The molecule has 0 aliphatic carbocycles. The van der Waals surface area contributed by atoms with E-state index in [2.05, 4.69) is 0 Å². The zero-order valence-electron chi connectivity index (χ0n) is 13.4. The molecule has 0 aromatic rings. The van der Waals surface area contributed by atoms with Crippen LogP contribution in [0.4, 0.5) is 0 Å². The minimum Gasteiger partial charge on any atom is -0.458 e. The van der Waals surface area contributed by atoms with Crippen molar-refractivity contribution in [3.63, 3.8) is 0 Å². The Balaban J connectivity index is 2.99. The summed E-state index contributed by atoms with van der Waals surface area (Å²) in [6, 6.07) is 0. The molecule has 4 unspecified atom stereocenters. The monoisotopic (exact) mass is 326 g/mol. The predicted molar refractivity (Wildman–Crippen MR) is 80.2 cm³/mol. The lowest BCUT2D eigenvalue weighted by Crippen LogP contribution is -2.35. The summed E-state index contributed by atoms with van der Waals surface area (Å²) in [7, 11) is 0. The van der Waals surface area contributed by atoms with Gasteiger partial charge in [-0.25, -0.2) is 4.79 Å². The number of hydrogen-bond donors (Lipinski definition) is 1. The standard InChI is InChI=1S/C16H22O7/c1-4-5-15(19)23-13-7-8-14(22-11(3)17)12(18)6-9-16(20)21-10(13)2/h4-5,7-8,10,12-14,18H,6,9H2,1-3H3/b5-4+,8-7+. The Morgan fingerprint density at radius 1 is 1.30 bits per heavy atom. The summed E-state index contributed by atoms with van der Waals surface area (Å²) in [6.45, 7) is 4.48. The number of ether oxygens (including phenoxy) is 3. The quantitative estimate of drug-likeness (QED) is 0.358. The highest BCUT2D eigenvalue weighted by Crippen LogP contribution is 2.16. The van der Waals surface area contributed by atoms with E-state index < -0.39 is 42.3 Å². The van der Waals surface area contributed by atoms with Gasteiger partial charge in [0.2, 0.25) is 0 Å². The van der Waals surface area contributed by atoms with Crippen LogP contribution in [0.2, 0.25) is 0 Å². The van der Waals surface area contributed by atoms with Gasteiger partial charge in [-0.15, -0.1) is 0 Å². The van der Waals surface area contributed by atoms with E-state index in [4.69, 9.17) is 14.2 Å². The van der Waals surface area contributed by atoms with Gasteiger partial charge in [0.1, 0.15) is 12.2 Å². The largest absolute Gasteiger partial charge is 0.458 e. The fourth-order valence-corrected chi connectivity index (χ4v) is 2.02. The number of aliphatic hydroxyl groups excluding tert-OH is 1. The molecule has 4 atom stereocenters. The Morgan fingerprint density at radius 3 is 2.57 bits per heavy atom. The molecule has 1 N–H and O–H groups in total. The number of rotatable bonds is 3. The van der Waals surface area contributed by atoms with Crippen LogP contribution in [0.5, 0.6) is 0 Å². The molecule has 0 fully saturated rings. The zero-order chi connectivity index (χ0) is 17.4. The van der Waals surface area contributed by atoms with E-state index >= 15 is 0 Å². The lowest BCUT2D eigenvalue weighted by Gasteiger charge is -2.25. The van der Waals surface area contributed by atoms with Crippen molar-refractivity contribution in [2.24, 2.45) is 0 Å². The SMILES string of the molecule is C/C=C/C(=O)OC1/C=C/C(OC(C)=O)C(O)CCC(=O)OC1C. The predicted octanol–water partition coefficient (Wildman–Crippen LogP) is 1.05. The van der Waals surface area contributed by atoms with Crippen LogP contribution >= 0.6 is 0 Å². The first-order chi connectivity index (χ1) is 10.8. The van der Waals surface area contributed by atoms with E-state index in [9.17, 15) is 19.5 Å². The molecule has 128 valence electrons. The van der Waals surface area contributed by atoms with Crippen LogP contribution in [-0.2, 0) is 28.6 Å². The maximum Gasteiger partial charge on any atom is 0.331 e. The van der Waals surface area contributed by atoms with Crippen LogP contribution in [0.15, 0.2) is 24.3 Å². The summed E-state index contributed by atoms with van der Waals surface area (Å²) in [4.78, 5) is 34.4. The van der Waals surface area contributed by atoms with E-state index in [0.29, 0.717) is 0 Å². The second-order valence-electron chi connectivity index (χ2n) is 5.16. The van der Waals surface area contributed by atoms with Crippen LogP contribution < -0.4 is 0 Å². The molecule has 0 saturated heterocycles. The second kappa shape index (κ2) is 9.09. The Kier molecular flexibility index (Phi) is 7.47. The third-order valence-corrected chi connectivity index (χ3v) is 3.15. The van der Waals surface area contributed by atoms with Crippen molar-refractivity contribution in [3.8, 4) is 0 Å². The smallest absolute Gasteiger partial charge is 0.331 e. The molecule has 1 rings (SSSR count). The number of carbonyl (C=O) groups is 3. The Bertz CT molecular complexity index is 495. The third kappa shape index (κ3) is 6.65. The van der Waals surface area contributed by atoms with E-state index in [1.807, 2.05) is 0 Å². The summed E-state index contributed by atoms with van der Waals surface area (Å²) >= 11 is 0. The van der Waals surface area contributed by atoms with Crippen LogP contribution in [0, 0.1) is 0 Å². The minimum atomic E-state index is -1.05. The molecule has 23 heavy (non-hydrogen) atoms. The lowest BCUT2D eigenvalue weighted by atomic mass is 10.0. The van der Waals surface area contributed by atoms with Gasteiger partial charge in [-0.05, 0) is 32.4 Å². The van der Waals surface area contributed by atoms with E-state index in [0.717, 1.165) is 0 Å². The Morgan fingerprint density at radius 2 is 1.96 bits per heavy atom. The van der Waals surface area contributed by atoms with Crippen LogP contribution in [-0.4, -0.2) is 47.4 Å². The van der Waals surface area contributed by atoms with Gasteiger partial charge in [-0.3, -0.25) is 9.59 Å². The molecule has 1 heterocycles. The van der Waals surface area contributed by atoms with Gasteiger partial charge in [-0.1, -0.05) is 6.08 Å². The highest BCUT2D eigenvalue weighted by molar-refractivity contribution is 5.82. The second-order valence-corrected chi connectivity index (χ2v) is 5.16. The molecule has 0 aromatic carbocycles. The maximum absolute atomic E-state index is 11.7. The van der Waals surface area contributed by atoms with Gasteiger partial charge in [0, 0.05) is 19.4 Å². The summed E-state index contributed by atoms with van der Waals surface area (Å²) < 4.78 is 15.4. The van der Waals surface area contributed by atoms with Gasteiger partial charge < -0.3 is 19.3 Å². The number of carbonyl (C=O) groups excluding carboxylic acids is 3. The highest BCUT2D eigenvalue weighted by atomic mass is 16.6. The molecule has 0 spiro atoms. The molecule has 0 amide bonds. The first-order valence-corrected chi connectivity index (χ1v) is 7.40. The van der Waals surface area contributed by atoms with Crippen molar-refractivity contribution in [2.45, 2.75) is 58.0 Å². The summed E-state index contributed by atoms with van der Waals surface area (Å²) in [5.74, 6) is -1.68. The first-order valence-electron chi connectivity index (χ1n) is 7.40. The highest BCUT2D eigenvalue weighted by Gasteiger charge is 2.27. The lowest BCUT2D eigenvalue weighted by molar-refractivity contribution is -0.162. The van der Waals surface area contributed by atoms with Crippen molar-refractivity contribution in [1.82, 2.24) is 0 Å². The normalized spacial score (nSPS) is 30.3. The number of cyclic esters (lactones) is 1. The summed E-state index contributed by atoms with van der Waals surface area (Å²) in [5.41, 5.74) is 0. The fourth-order valence-electron chi connectivity index (χ4n) is 2.02. The Hall–Kier alpha value is -2.15. The maximum atomic E-state index is 11.7. The first kappa shape index (κ1) is 18.9. The average Bonchev–Trinajstić information content (AvgIpc) is 2.46. The molecular weight excluding hydrogens is 304 g/mol. The minimum absolute atomic E-state index is 0.0351. The molecule has 1 aliphatic rings. The molecule has 0 aromatic heterocycles. The van der Waals surface area contributed by atoms with Gasteiger partial charge in [0.25, 0.3) is 0 Å². The Labute approximate surface area is 134 Å². The number of hydrogen-bond acceptors (Lipinski definition) is 7. The van der Waals surface area contributed by atoms with Crippen LogP contribution in [0.25, 0.3) is 0 Å². The molecule has 7 heteroatoms. The molecule has 0 saturated carbocycles. The van der Waals surface area contributed by atoms with E-state index in [1.165, 1.54) is 31.2 Å². The summed E-state index contributed by atoms with van der Waals surface area (Å²) in [6.07, 6.45) is 2.16. The van der Waals surface area contributed by atoms with E-state index in [-0.39, 0.29) is 12.8 Å². The number of esters is 3. The van der Waals surface area contributed by atoms with Crippen LogP contribution in [0.3, 0.4) is 0 Å². The van der Waals surface area contributed by atoms with Crippen molar-refractivity contribution in [2.75, 3.05) is 0 Å². The van der Waals surface area contributed by atoms with Crippen molar-refractivity contribution in [3.05, 3.63) is 24.3 Å². The van der Waals surface area contributed by atoms with Crippen LogP contribution in [0.1, 0.15) is 33.6 Å². The number of aliphatic hydroxyl groups is 1. The van der Waals surface area contributed by atoms with Crippen molar-refractivity contribution < 1.29 is 33.7 Å². The average molecular weight is 326 g/mol. The third-order valence-electron chi connectivity index (χ3n) is 3.15.